The number of carbonyl (C=O) groups excluding carboxylic acids is 3. The number of rotatable bonds is 38. The third kappa shape index (κ3) is 27.2. The topological polar surface area (TPSA) is 93.7 Å². The van der Waals surface area contributed by atoms with Crippen LogP contribution in [0.1, 0.15) is 227 Å². The van der Waals surface area contributed by atoms with E-state index in [-0.39, 0.29) is 30.2 Å². The summed E-state index contributed by atoms with van der Waals surface area (Å²) in [6.07, 6.45) is 35.3. The average Bonchev–Trinajstić information content (AvgIpc) is 3.13. The smallest absolute Gasteiger partial charge is 0.308 e. The number of carbonyl (C=O) groups is 3. The maximum Gasteiger partial charge on any atom is 0.308 e. The first-order chi connectivity index (χ1) is 26.0. The van der Waals surface area contributed by atoms with Crippen LogP contribution in [0.4, 0.5) is 0 Å². The van der Waals surface area contributed by atoms with Crippen LogP contribution in [-0.4, -0.2) is 44.1 Å². The van der Waals surface area contributed by atoms with Crippen LogP contribution in [0, 0.1) is 11.8 Å². The van der Waals surface area contributed by atoms with E-state index < -0.39 is 0 Å². The second-order valence-corrected chi connectivity index (χ2v) is 16.0. The molecular formula is C46H86N2O5. The lowest BCUT2D eigenvalue weighted by atomic mass is 9.83. The predicted molar refractivity (Wildman–Crippen MR) is 223 cm³/mol. The first-order valence-electron chi connectivity index (χ1n) is 23.0. The third-order valence-corrected chi connectivity index (χ3v) is 11.0. The molecule has 53 heavy (non-hydrogen) atoms. The summed E-state index contributed by atoms with van der Waals surface area (Å²) >= 11 is 0. The number of ether oxygens (including phenoxy) is 2. The molecule has 0 bridgehead atoms. The fourth-order valence-electron chi connectivity index (χ4n) is 7.33. The van der Waals surface area contributed by atoms with Gasteiger partial charge in [-0.3, -0.25) is 14.4 Å². The van der Waals surface area contributed by atoms with Gasteiger partial charge in [-0.2, -0.15) is 0 Å². The van der Waals surface area contributed by atoms with Gasteiger partial charge in [0.15, 0.2) is 0 Å². The second kappa shape index (κ2) is 35.6. The molecular weight excluding hydrogens is 661 g/mol. The molecule has 0 aromatic carbocycles. The Bertz CT molecular complexity index is 929. The van der Waals surface area contributed by atoms with Crippen LogP contribution >= 0.6 is 0 Å². The highest BCUT2D eigenvalue weighted by atomic mass is 16.5. The van der Waals surface area contributed by atoms with Crippen molar-refractivity contribution in [3.05, 3.63) is 11.3 Å². The van der Waals surface area contributed by atoms with E-state index in [0.717, 1.165) is 83.7 Å². The van der Waals surface area contributed by atoms with E-state index in [1.165, 1.54) is 121 Å². The zero-order valence-electron chi connectivity index (χ0n) is 35.4. The molecule has 0 radical (unpaired) electrons. The van der Waals surface area contributed by atoms with Crippen LogP contribution in [0.2, 0.25) is 0 Å². The normalized spacial score (nSPS) is 13.6. The molecule has 2 unspecified atom stereocenters. The van der Waals surface area contributed by atoms with Crippen molar-refractivity contribution in [2.75, 3.05) is 26.3 Å². The summed E-state index contributed by atoms with van der Waals surface area (Å²) in [4.78, 5) is 37.1. The first kappa shape index (κ1) is 49.0. The fraction of sp³-hybridized carbons (Fsp3) is 0.891. The molecule has 2 atom stereocenters. The van der Waals surface area contributed by atoms with E-state index in [4.69, 9.17) is 9.47 Å². The summed E-state index contributed by atoms with van der Waals surface area (Å²) in [7, 11) is 0. The lowest BCUT2D eigenvalue weighted by Crippen LogP contribution is -2.37. The van der Waals surface area contributed by atoms with Crippen LogP contribution < -0.4 is 10.6 Å². The summed E-state index contributed by atoms with van der Waals surface area (Å²) in [5, 5.41) is 5.70. The number of hydrogen-bond acceptors (Lipinski definition) is 5. The number of amides is 2. The van der Waals surface area contributed by atoms with Gasteiger partial charge in [0.1, 0.15) is 0 Å². The van der Waals surface area contributed by atoms with Gasteiger partial charge in [-0.1, -0.05) is 143 Å². The Balaban J connectivity index is 2.18. The average molecular weight is 747 g/mol. The molecule has 0 spiro atoms. The second-order valence-electron chi connectivity index (χ2n) is 16.0. The third-order valence-electron chi connectivity index (χ3n) is 11.0. The molecule has 2 amide bonds. The first-order valence-corrected chi connectivity index (χ1v) is 23.0. The van der Waals surface area contributed by atoms with Crippen LogP contribution in [0.15, 0.2) is 11.3 Å². The molecule has 1 fully saturated rings. The zero-order valence-corrected chi connectivity index (χ0v) is 35.4. The fourth-order valence-corrected chi connectivity index (χ4v) is 7.33. The largest absolute Gasteiger partial charge is 0.498 e. The SMILES string of the molecule is CCCCCCCCC(CCCCCC)C(OCCCCCCNC(=O)CNC(=O)CCCCCOC(=O)C(CCCC)CCCCCC)=C1CCC1. The lowest BCUT2D eigenvalue weighted by Gasteiger charge is -2.28. The quantitative estimate of drug-likeness (QED) is 0.0373. The van der Waals surface area contributed by atoms with Crippen molar-refractivity contribution >= 4 is 17.8 Å². The highest BCUT2D eigenvalue weighted by Gasteiger charge is 2.24. The summed E-state index contributed by atoms with van der Waals surface area (Å²) in [5.41, 5.74) is 1.60. The number of esters is 1. The summed E-state index contributed by atoms with van der Waals surface area (Å²) < 4.78 is 12.2. The van der Waals surface area contributed by atoms with Gasteiger partial charge in [0, 0.05) is 18.9 Å². The highest BCUT2D eigenvalue weighted by molar-refractivity contribution is 5.84. The van der Waals surface area contributed by atoms with Gasteiger partial charge in [-0.15, -0.1) is 0 Å². The van der Waals surface area contributed by atoms with Gasteiger partial charge in [0.2, 0.25) is 11.8 Å². The Morgan fingerprint density at radius 2 is 1.00 bits per heavy atom. The maximum atomic E-state index is 12.6. The molecule has 7 nitrogen and oxygen atoms in total. The van der Waals surface area contributed by atoms with Crippen LogP contribution in [-0.2, 0) is 23.9 Å². The van der Waals surface area contributed by atoms with E-state index in [9.17, 15) is 14.4 Å². The molecule has 1 aliphatic rings. The van der Waals surface area contributed by atoms with Gasteiger partial charge in [0.25, 0.3) is 0 Å². The van der Waals surface area contributed by atoms with E-state index >= 15 is 0 Å². The van der Waals surface area contributed by atoms with Crippen LogP contribution in [0.25, 0.3) is 0 Å². The molecule has 1 aliphatic carbocycles. The van der Waals surface area contributed by atoms with E-state index in [2.05, 4.69) is 38.3 Å². The molecule has 0 aromatic rings. The van der Waals surface area contributed by atoms with Crippen molar-refractivity contribution in [3.8, 4) is 0 Å². The molecule has 310 valence electrons. The van der Waals surface area contributed by atoms with Crippen molar-refractivity contribution in [2.45, 2.75) is 227 Å². The molecule has 0 aliphatic heterocycles. The standard InChI is InChI=1S/C46H86N2O5/c1-5-9-13-16-17-23-31-40(30-21-14-10-6-2)45(41-33-28-34-41)52-37-26-19-18-25-36-47-44(50)39-48-43(49)35-24-20-27-38-53-46(51)42(29-12-8-4)32-22-15-11-7-3/h40,42H,5-39H2,1-4H3,(H,47,50)(H,48,49). The monoisotopic (exact) mass is 747 g/mol. The Kier molecular flexibility index (Phi) is 32.9. The minimum atomic E-state index is -0.131. The van der Waals surface area contributed by atoms with Crippen molar-refractivity contribution in [3.63, 3.8) is 0 Å². The minimum Gasteiger partial charge on any atom is -0.498 e. The Hall–Kier alpha value is -2.05. The zero-order chi connectivity index (χ0) is 38.6. The summed E-state index contributed by atoms with van der Waals surface area (Å²) in [6.45, 7) is 10.8. The number of nitrogens with one attached hydrogen (secondary N) is 2. The Morgan fingerprint density at radius 3 is 1.60 bits per heavy atom. The highest BCUT2D eigenvalue weighted by Crippen LogP contribution is 2.37. The predicted octanol–water partition coefficient (Wildman–Crippen LogP) is 12.5. The number of allylic oxidation sites excluding steroid dienone is 2. The van der Waals surface area contributed by atoms with E-state index in [0.29, 0.717) is 25.5 Å². The number of hydrogen-bond donors (Lipinski definition) is 2. The molecule has 1 saturated carbocycles. The minimum absolute atomic E-state index is 0.0253. The van der Waals surface area contributed by atoms with E-state index in [1.807, 2.05) is 0 Å². The summed E-state index contributed by atoms with van der Waals surface area (Å²) in [6, 6.07) is 0. The molecule has 2 N–H and O–H groups in total. The summed E-state index contributed by atoms with van der Waals surface area (Å²) in [5.74, 6) is 1.73. The van der Waals surface area contributed by atoms with Crippen molar-refractivity contribution in [1.82, 2.24) is 10.6 Å². The maximum absolute atomic E-state index is 12.6. The Morgan fingerprint density at radius 1 is 0.509 bits per heavy atom. The van der Waals surface area contributed by atoms with Crippen LogP contribution in [0.3, 0.4) is 0 Å². The van der Waals surface area contributed by atoms with Gasteiger partial charge in [-0.05, 0) is 82.6 Å². The molecule has 0 saturated heterocycles. The van der Waals surface area contributed by atoms with Gasteiger partial charge in [-0.25, -0.2) is 0 Å². The molecule has 0 aromatic heterocycles. The van der Waals surface area contributed by atoms with Crippen molar-refractivity contribution in [1.29, 1.82) is 0 Å². The van der Waals surface area contributed by atoms with Gasteiger partial charge >= 0.3 is 5.97 Å². The van der Waals surface area contributed by atoms with Gasteiger partial charge in [0.05, 0.1) is 31.4 Å². The van der Waals surface area contributed by atoms with Gasteiger partial charge < -0.3 is 20.1 Å². The van der Waals surface area contributed by atoms with Crippen LogP contribution in [0.5, 0.6) is 0 Å². The van der Waals surface area contributed by atoms with Crippen molar-refractivity contribution < 1.29 is 23.9 Å². The molecule has 7 heteroatoms. The number of unbranched alkanes of at least 4 members (excludes halogenated alkanes) is 17. The molecule has 1 rings (SSSR count). The lowest BCUT2D eigenvalue weighted by molar-refractivity contribution is -0.149. The Labute approximate surface area is 327 Å². The van der Waals surface area contributed by atoms with Crippen molar-refractivity contribution in [2.24, 2.45) is 11.8 Å². The van der Waals surface area contributed by atoms with E-state index in [1.54, 1.807) is 5.57 Å². The molecule has 0 heterocycles.